The number of hydrogen-bond donors (Lipinski definition) is 2. The van der Waals surface area contributed by atoms with E-state index < -0.39 is 40.6 Å². The van der Waals surface area contributed by atoms with Gasteiger partial charge in [0.15, 0.2) is 0 Å². The first-order chi connectivity index (χ1) is 19.5. The summed E-state index contributed by atoms with van der Waals surface area (Å²) < 4.78 is 11.2. The van der Waals surface area contributed by atoms with E-state index in [1.54, 1.807) is 31.2 Å². The Morgan fingerprint density at radius 3 is 2.42 bits per heavy atom. The molecule has 10 nitrogen and oxygen atoms in total. The molecule has 0 aliphatic rings. The summed E-state index contributed by atoms with van der Waals surface area (Å²) in [4.78, 5) is 45.9. The molecule has 2 N–H and O–H groups in total. The standard InChI is InChI=1S/C27H27B5N4O6.U/c1-5-16-9-10-19-17(12-16)13-21(42-19)23(38)35(15-22(37)36(26(28,29)30)27(31,32)40)25(3,4)24(39)34-14-18-20(41-6-2)8-7-11-33-18;/h7-12,40H,3,5-6,14-15H2,1-2,4H3,(H,34,39);/q-2;+2. The van der Waals surface area contributed by atoms with Crippen molar-refractivity contribution in [3.63, 3.8) is 0 Å². The van der Waals surface area contributed by atoms with Crippen molar-refractivity contribution < 1.29 is 59.8 Å². The van der Waals surface area contributed by atoms with Crippen molar-refractivity contribution >= 4 is 67.9 Å². The molecule has 0 aliphatic heterocycles. The van der Waals surface area contributed by atoms with Gasteiger partial charge in [0.1, 0.15) is 27.1 Å². The fourth-order valence-electron chi connectivity index (χ4n) is 4.18. The molecular formula is C27H27B5N4O6U. The summed E-state index contributed by atoms with van der Waals surface area (Å²) in [5.74, 6) is -2.82. The molecule has 0 saturated heterocycles. The van der Waals surface area contributed by atoms with Gasteiger partial charge < -0.3 is 41.1 Å². The van der Waals surface area contributed by atoms with E-state index in [1.165, 1.54) is 13.1 Å². The number of nitrogens with one attached hydrogen (secondary N) is 1. The smallest absolute Gasteiger partial charge is 0.514 e. The fraction of sp³-hybridized carbons (Fsp3) is 0.370. The van der Waals surface area contributed by atoms with Gasteiger partial charge in [-0.15, -0.1) is 11.5 Å². The van der Waals surface area contributed by atoms with Crippen LogP contribution in [0.3, 0.4) is 0 Å². The summed E-state index contributed by atoms with van der Waals surface area (Å²) in [5, 5.41) is 10.8. The fourth-order valence-corrected chi connectivity index (χ4v) is 4.18. The third-order valence-corrected chi connectivity index (χ3v) is 6.29. The Morgan fingerprint density at radius 2 is 1.84 bits per heavy atom. The monoisotopic (exact) mass is 796 g/mol. The molecule has 1 atom stereocenters. The Hall–Kier alpha value is -2.54. The summed E-state index contributed by atoms with van der Waals surface area (Å²) >= 11 is 0. The number of hydrogen-bond acceptors (Lipinski definition) is 7. The van der Waals surface area contributed by atoms with Gasteiger partial charge in [0, 0.05) is 17.3 Å². The van der Waals surface area contributed by atoms with E-state index in [1.807, 2.05) is 13.0 Å². The van der Waals surface area contributed by atoms with Crippen LogP contribution in [-0.4, -0.2) is 106 Å². The van der Waals surface area contributed by atoms with E-state index in [0.29, 0.717) is 29.0 Å². The van der Waals surface area contributed by atoms with Crippen molar-refractivity contribution in [3.05, 3.63) is 66.5 Å². The summed E-state index contributed by atoms with van der Waals surface area (Å²) in [6, 6.07) is 11.5. The van der Waals surface area contributed by atoms with Crippen LogP contribution >= 0.6 is 0 Å². The largest absolute Gasteiger partial charge is 2.00 e. The van der Waals surface area contributed by atoms with E-state index in [0.717, 1.165) is 16.9 Å². The second-order valence-electron chi connectivity index (χ2n) is 9.87. The maximum Gasteiger partial charge on any atom is 2.00 e. The Bertz CT molecular complexity index is 1440. The normalized spacial score (nSPS) is 13.0. The van der Waals surface area contributed by atoms with Gasteiger partial charge in [-0.25, -0.2) is 0 Å². The molecule has 3 rings (SSSR count). The van der Waals surface area contributed by atoms with E-state index in [9.17, 15) is 19.5 Å². The van der Waals surface area contributed by atoms with Crippen LogP contribution in [-0.2, 0) is 22.6 Å². The van der Waals surface area contributed by atoms with Crippen molar-refractivity contribution in [1.29, 1.82) is 0 Å². The Kier molecular flexibility index (Phi) is 12.4. The first-order valence-corrected chi connectivity index (χ1v) is 13.0. The molecule has 0 saturated carbocycles. The summed E-state index contributed by atoms with van der Waals surface area (Å²) in [7, 11) is 27.8. The Labute approximate surface area is 281 Å². The van der Waals surface area contributed by atoms with Crippen LogP contribution in [0.25, 0.3) is 11.0 Å². The number of aliphatic hydroxyl groups is 1. The van der Waals surface area contributed by atoms with Crippen molar-refractivity contribution in [3.8, 4) is 5.75 Å². The van der Waals surface area contributed by atoms with E-state index in [4.69, 9.17) is 48.4 Å². The molecule has 1 aromatic carbocycles. The average molecular weight is 796 g/mol. The molecule has 16 heteroatoms. The summed E-state index contributed by atoms with van der Waals surface area (Å²) in [5.41, 5.74) is -3.18. The minimum atomic E-state index is -2.93. The number of pyridine rings is 1. The van der Waals surface area contributed by atoms with Crippen LogP contribution < -0.4 is 10.1 Å². The molecule has 1 unspecified atom stereocenters. The van der Waals surface area contributed by atoms with Gasteiger partial charge in [0.25, 0.3) is 0 Å². The Balaban J connectivity index is 0.00000645. The molecule has 0 spiro atoms. The summed E-state index contributed by atoms with van der Waals surface area (Å²) in [6.07, 6.45) is 2.25. The predicted molar refractivity (Wildman–Crippen MR) is 160 cm³/mol. The minimum absolute atomic E-state index is 0. The number of fused-ring (bicyclic) bond motifs is 1. The number of furan rings is 1. The van der Waals surface area contributed by atoms with Crippen molar-refractivity contribution in [2.45, 2.75) is 50.0 Å². The van der Waals surface area contributed by atoms with Gasteiger partial charge in [-0.3, -0.25) is 14.6 Å². The number of carbonyl (C=O) groups excluding carboxylic acids is 3. The van der Waals surface area contributed by atoms with Gasteiger partial charge in [0.2, 0.25) is 17.7 Å². The molecule has 0 aliphatic carbocycles. The number of rotatable bonds is 12. The molecular weight excluding hydrogens is 768 g/mol. The molecule has 0 fully saturated rings. The van der Waals surface area contributed by atoms with Crippen LogP contribution in [0, 0.1) is 44.1 Å². The molecule has 10 radical (unpaired) electrons. The van der Waals surface area contributed by atoms with Crippen molar-refractivity contribution in [1.82, 2.24) is 20.1 Å². The van der Waals surface area contributed by atoms with Gasteiger partial charge in [-0.1, -0.05) is 42.8 Å². The van der Waals surface area contributed by atoms with E-state index in [2.05, 4.69) is 23.3 Å². The van der Waals surface area contributed by atoms with Gasteiger partial charge >= 0.3 is 31.1 Å². The number of ether oxygens (including phenoxy) is 1. The molecule has 2 heterocycles. The maximum atomic E-state index is 13.9. The van der Waals surface area contributed by atoms with Crippen LogP contribution in [0.1, 0.15) is 42.6 Å². The number of aromatic nitrogens is 1. The number of carbonyl (C=O) groups is 3. The zero-order valence-electron chi connectivity index (χ0n) is 24.2. The SMILES string of the molecule is [B]C([B])([B])N(C(=O)CN(C(=O)c1[c-]c2cc(CC)ccc2o1)C([CH2-])(C)C(=O)NCc1ncccc1OCC)C([B])([B])O.[U+2]. The van der Waals surface area contributed by atoms with Gasteiger partial charge in [-0.05, 0) is 31.0 Å². The van der Waals surface area contributed by atoms with Crippen LogP contribution in [0.5, 0.6) is 5.75 Å². The zero-order chi connectivity index (χ0) is 31.5. The molecule has 43 heavy (non-hydrogen) atoms. The quantitative estimate of drug-likeness (QED) is 0.148. The number of aryl methyl sites for hydroxylation is 1. The second-order valence-corrected chi connectivity index (χ2v) is 9.87. The first-order valence-electron chi connectivity index (χ1n) is 13.0. The van der Waals surface area contributed by atoms with Crippen molar-refractivity contribution in [2.75, 3.05) is 13.2 Å². The van der Waals surface area contributed by atoms with E-state index >= 15 is 0 Å². The topological polar surface area (TPSA) is 125 Å². The number of amides is 3. The van der Waals surface area contributed by atoms with Gasteiger partial charge in [-0.2, -0.15) is 0 Å². The maximum absolute atomic E-state index is 13.9. The minimum Gasteiger partial charge on any atom is -0.514 e. The van der Waals surface area contributed by atoms with Gasteiger partial charge in [0.05, 0.1) is 49.0 Å². The third-order valence-electron chi connectivity index (χ3n) is 6.29. The van der Waals surface area contributed by atoms with Crippen LogP contribution in [0.15, 0.2) is 40.9 Å². The molecule has 3 amide bonds. The summed E-state index contributed by atoms with van der Waals surface area (Å²) in [6.45, 7) is 8.26. The molecule has 2 aromatic heterocycles. The van der Waals surface area contributed by atoms with Crippen LogP contribution in [0.2, 0.25) is 0 Å². The second kappa shape index (κ2) is 14.5. The van der Waals surface area contributed by atoms with Crippen LogP contribution in [0.4, 0.5) is 0 Å². The third kappa shape index (κ3) is 8.77. The predicted octanol–water partition coefficient (Wildman–Crippen LogP) is -0.174. The van der Waals surface area contributed by atoms with Crippen molar-refractivity contribution in [2.24, 2.45) is 0 Å². The Morgan fingerprint density at radius 1 is 1.16 bits per heavy atom. The molecule has 3 aromatic rings. The number of benzene rings is 1. The molecule has 0 bridgehead atoms. The first kappa shape index (κ1) is 36.6. The van der Waals surface area contributed by atoms with E-state index in [-0.39, 0.29) is 48.3 Å². The zero-order valence-corrected chi connectivity index (χ0v) is 28.4. The average Bonchev–Trinajstić information content (AvgIpc) is 3.32. The number of nitrogens with zero attached hydrogens (tertiary/aromatic N) is 3. The molecule has 210 valence electrons.